The van der Waals surface area contributed by atoms with Crippen LogP contribution in [0.1, 0.15) is 24.8 Å². The number of carbonyl (C=O) groups excluding carboxylic acids is 2. The first-order valence-electron chi connectivity index (χ1n) is 7.71. The van der Waals surface area contributed by atoms with Crippen LogP contribution in [0.4, 0.5) is 20.3 Å². The van der Waals surface area contributed by atoms with Crippen LogP contribution in [0.15, 0.2) is 28.2 Å². The van der Waals surface area contributed by atoms with E-state index in [4.69, 9.17) is 0 Å². The van der Waals surface area contributed by atoms with Crippen molar-refractivity contribution in [2.45, 2.75) is 24.4 Å². The van der Waals surface area contributed by atoms with Gasteiger partial charge in [0.2, 0.25) is 11.8 Å². The fraction of sp³-hybridized carbons (Fsp3) is 0.250. The number of rotatable bonds is 4. The van der Waals surface area contributed by atoms with Gasteiger partial charge < -0.3 is 15.6 Å². The molecule has 136 valence electrons. The maximum absolute atomic E-state index is 13.7. The summed E-state index contributed by atoms with van der Waals surface area (Å²) in [4.78, 5) is 43.5. The third kappa shape index (κ3) is 3.59. The van der Waals surface area contributed by atoms with E-state index in [2.05, 4.69) is 20.6 Å². The summed E-state index contributed by atoms with van der Waals surface area (Å²) in [5.74, 6) is -3.37. The van der Waals surface area contributed by atoms with Crippen LogP contribution in [-0.2, 0) is 9.59 Å². The minimum absolute atomic E-state index is 0.000754. The lowest BCUT2D eigenvalue weighted by Gasteiger charge is -2.23. The third-order valence-electron chi connectivity index (χ3n) is 3.71. The zero-order chi connectivity index (χ0) is 18.8. The Kier molecular flexibility index (Phi) is 5.03. The van der Waals surface area contributed by atoms with Gasteiger partial charge in [-0.15, -0.1) is 0 Å². The minimum Gasteiger partial charge on any atom is -0.323 e. The summed E-state index contributed by atoms with van der Waals surface area (Å²) in [5.41, 5.74) is -0.949. The maximum Gasteiger partial charge on any atom is 0.257 e. The quantitative estimate of drug-likeness (QED) is 0.557. The van der Waals surface area contributed by atoms with Gasteiger partial charge in [-0.1, -0.05) is 18.7 Å². The highest BCUT2D eigenvalue weighted by Crippen LogP contribution is 2.30. The number of aromatic amines is 1. The number of amides is 2. The summed E-state index contributed by atoms with van der Waals surface area (Å²) in [7, 11) is 0. The second-order valence-corrected chi connectivity index (χ2v) is 6.74. The van der Waals surface area contributed by atoms with Crippen molar-refractivity contribution < 1.29 is 18.4 Å². The molecule has 0 aliphatic carbocycles. The SMILES string of the molecule is CCSc1nc2c(c(=O)[nH]1)C(C(=O)Nc1cc(F)ccc1F)CC(=O)N2. The Morgan fingerprint density at radius 3 is 2.88 bits per heavy atom. The lowest BCUT2D eigenvalue weighted by atomic mass is 9.92. The average Bonchev–Trinajstić information content (AvgIpc) is 2.57. The van der Waals surface area contributed by atoms with Crippen LogP contribution in [-0.4, -0.2) is 27.5 Å². The summed E-state index contributed by atoms with van der Waals surface area (Å²) in [6, 6.07) is 2.60. The molecule has 0 spiro atoms. The van der Waals surface area contributed by atoms with Crippen LogP contribution in [0.25, 0.3) is 0 Å². The van der Waals surface area contributed by atoms with Crippen LogP contribution < -0.4 is 16.2 Å². The van der Waals surface area contributed by atoms with Crippen molar-refractivity contribution in [1.82, 2.24) is 9.97 Å². The second-order valence-electron chi connectivity index (χ2n) is 5.48. The van der Waals surface area contributed by atoms with Gasteiger partial charge in [0.1, 0.15) is 17.5 Å². The van der Waals surface area contributed by atoms with Gasteiger partial charge in [0.05, 0.1) is 17.2 Å². The summed E-state index contributed by atoms with van der Waals surface area (Å²) in [6.45, 7) is 1.87. The molecule has 10 heteroatoms. The second kappa shape index (κ2) is 7.24. The molecule has 0 bridgehead atoms. The summed E-state index contributed by atoms with van der Waals surface area (Å²) in [5, 5.41) is 5.01. The standard InChI is InChI=1S/C16H14F2N4O3S/c1-2-26-16-21-13-12(15(25)22-16)8(6-11(23)20-13)14(24)19-10-5-7(17)3-4-9(10)18/h3-5,8H,2,6H2,1H3,(H,19,24)(H2,20,21,22,23,25). The van der Waals surface area contributed by atoms with Gasteiger partial charge in [-0.2, -0.15) is 0 Å². The van der Waals surface area contributed by atoms with E-state index in [9.17, 15) is 23.2 Å². The first-order valence-corrected chi connectivity index (χ1v) is 8.70. The molecule has 1 atom stereocenters. The Bertz CT molecular complexity index is 948. The van der Waals surface area contributed by atoms with E-state index in [0.717, 1.165) is 18.2 Å². The van der Waals surface area contributed by atoms with Gasteiger partial charge in [-0.25, -0.2) is 13.8 Å². The monoisotopic (exact) mass is 380 g/mol. The molecular formula is C16H14F2N4O3S. The van der Waals surface area contributed by atoms with E-state index in [0.29, 0.717) is 10.9 Å². The fourth-order valence-electron chi connectivity index (χ4n) is 2.59. The van der Waals surface area contributed by atoms with Gasteiger partial charge in [0, 0.05) is 12.5 Å². The van der Waals surface area contributed by atoms with Gasteiger partial charge in [-0.3, -0.25) is 14.4 Å². The highest BCUT2D eigenvalue weighted by Gasteiger charge is 2.35. The lowest BCUT2D eigenvalue weighted by molar-refractivity contribution is -0.123. The molecule has 1 aliphatic rings. The molecule has 1 aliphatic heterocycles. The van der Waals surface area contributed by atoms with Crippen LogP contribution in [0.2, 0.25) is 0 Å². The molecule has 7 nitrogen and oxygen atoms in total. The largest absolute Gasteiger partial charge is 0.323 e. The first-order chi connectivity index (χ1) is 12.4. The topological polar surface area (TPSA) is 104 Å². The number of thioether (sulfide) groups is 1. The molecule has 3 N–H and O–H groups in total. The number of H-pyrrole nitrogens is 1. The number of carbonyl (C=O) groups is 2. The molecule has 0 radical (unpaired) electrons. The average molecular weight is 380 g/mol. The van der Waals surface area contributed by atoms with Crippen molar-refractivity contribution in [2.24, 2.45) is 0 Å². The molecular weight excluding hydrogens is 366 g/mol. The van der Waals surface area contributed by atoms with Crippen molar-refractivity contribution >= 4 is 35.1 Å². The molecule has 2 amide bonds. The van der Waals surface area contributed by atoms with E-state index in [-0.39, 0.29) is 23.5 Å². The van der Waals surface area contributed by atoms with Crippen molar-refractivity contribution in [1.29, 1.82) is 0 Å². The van der Waals surface area contributed by atoms with Crippen LogP contribution in [0, 0.1) is 11.6 Å². The predicted molar refractivity (Wildman–Crippen MR) is 92.2 cm³/mol. The van der Waals surface area contributed by atoms with E-state index >= 15 is 0 Å². The third-order valence-corrected chi connectivity index (χ3v) is 4.47. The molecule has 0 fully saturated rings. The van der Waals surface area contributed by atoms with Crippen LogP contribution in [0.5, 0.6) is 0 Å². The molecule has 3 rings (SSSR count). The normalized spacial score (nSPS) is 16.0. The lowest BCUT2D eigenvalue weighted by Crippen LogP contribution is -2.36. The van der Waals surface area contributed by atoms with Crippen molar-refractivity contribution in [3.63, 3.8) is 0 Å². The molecule has 2 aromatic rings. The Hall–Kier alpha value is -2.75. The van der Waals surface area contributed by atoms with Crippen molar-refractivity contribution in [3.8, 4) is 0 Å². The zero-order valence-electron chi connectivity index (χ0n) is 13.6. The van der Waals surface area contributed by atoms with E-state index < -0.39 is 34.9 Å². The van der Waals surface area contributed by atoms with Gasteiger partial charge in [-0.05, 0) is 17.9 Å². The fourth-order valence-corrected chi connectivity index (χ4v) is 3.19. The Balaban J connectivity index is 1.96. The van der Waals surface area contributed by atoms with Crippen molar-refractivity contribution in [2.75, 3.05) is 16.4 Å². The van der Waals surface area contributed by atoms with E-state index in [1.807, 2.05) is 6.92 Å². The number of benzene rings is 1. The maximum atomic E-state index is 13.7. The Morgan fingerprint density at radius 1 is 1.38 bits per heavy atom. The predicted octanol–water partition coefficient (Wildman–Crippen LogP) is 2.22. The molecule has 2 heterocycles. The number of halogens is 2. The molecule has 0 saturated carbocycles. The Morgan fingerprint density at radius 2 is 2.15 bits per heavy atom. The number of nitrogens with one attached hydrogen (secondary N) is 3. The number of hydrogen-bond donors (Lipinski definition) is 3. The summed E-state index contributed by atoms with van der Waals surface area (Å²) >= 11 is 1.27. The molecule has 1 aromatic heterocycles. The smallest absolute Gasteiger partial charge is 0.257 e. The van der Waals surface area contributed by atoms with Gasteiger partial charge in [0.25, 0.3) is 5.56 Å². The highest BCUT2D eigenvalue weighted by atomic mass is 32.2. The summed E-state index contributed by atoms with van der Waals surface area (Å²) in [6.07, 6.45) is -0.305. The number of aromatic nitrogens is 2. The zero-order valence-corrected chi connectivity index (χ0v) is 14.4. The summed E-state index contributed by atoms with van der Waals surface area (Å²) < 4.78 is 27.0. The molecule has 26 heavy (non-hydrogen) atoms. The highest BCUT2D eigenvalue weighted by molar-refractivity contribution is 7.99. The number of nitrogens with zero attached hydrogens (tertiary/aromatic N) is 1. The van der Waals surface area contributed by atoms with Gasteiger partial charge in [0.15, 0.2) is 5.16 Å². The number of fused-ring (bicyclic) bond motifs is 1. The Labute approximate surface area is 150 Å². The van der Waals surface area contributed by atoms with Gasteiger partial charge >= 0.3 is 0 Å². The molecule has 0 saturated heterocycles. The molecule has 1 unspecified atom stereocenters. The van der Waals surface area contributed by atoms with Crippen LogP contribution in [0.3, 0.4) is 0 Å². The minimum atomic E-state index is -1.17. The molecule has 1 aromatic carbocycles. The number of hydrogen-bond acceptors (Lipinski definition) is 5. The van der Waals surface area contributed by atoms with E-state index in [1.54, 1.807) is 0 Å². The van der Waals surface area contributed by atoms with Crippen molar-refractivity contribution in [3.05, 3.63) is 45.8 Å². The first kappa shape index (κ1) is 18.1. The van der Waals surface area contributed by atoms with E-state index in [1.165, 1.54) is 11.8 Å². The number of anilines is 2. The van der Waals surface area contributed by atoms with Crippen LogP contribution >= 0.6 is 11.8 Å².